The molecule has 114 valence electrons. The average molecular weight is 296 g/mol. The molecular formula is C18H20N2O2. The lowest BCUT2D eigenvalue weighted by Crippen LogP contribution is -2.42. The fourth-order valence-corrected chi connectivity index (χ4v) is 5.26. The topological polar surface area (TPSA) is 73.7 Å². The largest absolute Gasteiger partial charge is 0.508 e. The van der Waals surface area contributed by atoms with Gasteiger partial charge in [-0.05, 0) is 66.7 Å². The number of carbonyl (C=O) groups is 1. The van der Waals surface area contributed by atoms with Crippen molar-refractivity contribution < 1.29 is 14.7 Å². The lowest BCUT2D eigenvalue weighted by molar-refractivity contribution is -0.128. The molecule has 1 aromatic rings. The number of rotatable bonds is 0. The number of aromatic hydroxyl groups is 1. The Balaban J connectivity index is 1.75. The number of hydrogen-bond acceptors (Lipinski definition) is 2. The molecule has 3 aliphatic rings. The van der Waals surface area contributed by atoms with Crippen molar-refractivity contribution in [2.45, 2.75) is 44.9 Å². The van der Waals surface area contributed by atoms with Gasteiger partial charge in [-0.25, -0.2) is 0 Å². The van der Waals surface area contributed by atoms with Crippen LogP contribution in [0.5, 0.6) is 5.75 Å². The van der Waals surface area contributed by atoms with E-state index in [2.05, 4.69) is 17.8 Å². The first-order valence-corrected chi connectivity index (χ1v) is 8.12. The van der Waals surface area contributed by atoms with Crippen molar-refractivity contribution in [3.05, 3.63) is 34.9 Å². The van der Waals surface area contributed by atoms with Crippen LogP contribution in [-0.2, 0) is 11.2 Å². The second-order valence-electron chi connectivity index (χ2n) is 7.33. The predicted octanol–water partition coefficient (Wildman–Crippen LogP) is 3.10. The molecule has 0 bridgehead atoms. The minimum Gasteiger partial charge on any atom is -0.508 e. The van der Waals surface area contributed by atoms with Crippen LogP contribution in [0.1, 0.15) is 49.7 Å². The lowest BCUT2D eigenvalue weighted by atomic mass is 9.55. The Morgan fingerprint density at radius 1 is 1.36 bits per heavy atom. The third-order valence-electron chi connectivity index (χ3n) is 6.41. The number of nitrogens with zero attached hydrogens (tertiary/aromatic N) is 2. The minimum absolute atomic E-state index is 0.0509. The van der Waals surface area contributed by atoms with Gasteiger partial charge < -0.3 is 10.6 Å². The van der Waals surface area contributed by atoms with E-state index in [1.54, 1.807) is 6.07 Å². The Morgan fingerprint density at radius 3 is 2.95 bits per heavy atom. The Labute approximate surface area is 129 Å². The summed E-state index contributed by atoms with van der Waals surface area (Å²) in [5, 5.41) is 9.69. The highest BCUT2D eigenvalue weighted by molar-refractivity contribution is 6.41. The van der Waals surface area contributed by atoms with Gasteiger partial charge in [-0.3, -0.25) is 4.79 Å². The van der Waals surface area contributed by atoms with Crippen LogP contribution in [0, 0.1) is 17.3 Å². The molecule has 0 unspecified atom stereocenters. The van der Waals surface area contributed by atoms with Crippen LogP contribution in [0.2, 0.25) is 0 Å². The highest BCUT2D eigenvalue weighted by atomic mass is 16.3. The van der Waals surface area contributed by atoms with E-state index in [0.29, 0.717) is 29.7 Å². The molecule has 4 heteroatoms. The van der Waals surface area contributed by atoms with Crippen LogP contribution in [0.15, 0.2) is 18.2 Å². The zero-order valence-electron chi connectivity index (χ0n) is 12.7. The maximum absolute atomic E-state index is 12.5. The Bertz CT molecular complexity index is 720. The highest BCUT2D eigenvalue weighted by Gasteiger charge is 2.60. The Morgan fingerprint density at radius 2 is 2.18 bits per heavy atom. The monoisotopic (exact) mass is 296 g/mol. The summed E-state index contributed by atoms with van der Waals surface area (Å²) in [5.41, 5.74) is 11.7. The van der Waals surface area contributed by atoms with Crippen molar-refractivity contribution >= 4 is 11.5 Å². The van der Waals surface area contributed by atoms with E-state index in [-0.39, 0.29) is 17.1 Å². The molecule has 2 fully saturated rings. The number of carbonyl (C=O) groups excluding carboxylic acids is 1. The molecule has 0 spiro atoms. The molecule has 1 N–H and O–H groups in total. The van der Waals surface area contributed by atoms with E-state index < -0.39 is 0 Å². The van der Waals surface area contributed by atoms with Crippen LogP contribution in [-0.4, -0.2) is 21.4 Å². The molecule has 0 saturated heterocycles. The van der Waals surface area contributed by atoms with Gasteiger partial charge in [0.15, 0.2) is 0 Å². The number of phenols is 1. The molecule has 4 atom stereocenters. The number of aryl methyl sites for hydroxylation is 1. The number of ketones is 1. The van der Waals surface area contributed by atoms with Gasteiger partial charge >= 0.3 is 5.71 Å². The molecule has 4 nitrogen and oxygen atoms in total. The van der Waals surface area contributed by atoms with Gasteiger partial charge in [0.2, 0.25) is 5.78 Å². The summed E-state index contributed by atoms with van der Waals surface area (Å²) in [6.45, 7) is 2.06. The smallest absolute Gasteiger partial charge is 0.335 e. The Kier molecular flexibility index (Phi) is 2.82. The van der Waals surface area contributed by atoms with Gasteiger partial charge in [-0.15, -0.1) is 0 Å². The summed E-state index contributed by atoms with van der Waals surface area (Å²) in [6.07, 6.45) is 4.47. The molecule has 1 aromatic carbocycles. The zero-order chi connectivity index (χ0) is 15.5. The fraction of sp³-hybridized carbons (Fsp3) is 0.556. The molecule has 22 heavy (non-hydrogen) atoms. The van der Waals surface area contributed by atoms with Gasteiger partial charge in [0.1, 0.15) is 5.75 Å². The van der Waals surface area contributed by atoms with Crippen molar-refractivity contribution in [1.82, 2.24) is 0 Å². The van der Waals surface area contributed by atoms with Crippen LogP contribution in [0.25, 0.3) is 5.53 Å². The molecule has 4 rings (SSSR count). The van der Waals surface area contributed by atoms with Crippen molar-refractivity contribution in [2.75, 3.05) is 0 Å². The summed E-state index contributed by atoms with van der Waals surface area (Å²) in [7, 11) is 0. The van der Waals surface area contributed by atoms with Crippen LogP contribution >= 0.6 is 0 Å². The molecule has 3 aliphatic carbocycles. The number of Topliss-reactive ketones (excluding diaryl/α,β-unsaturated/α-hetero) is 1. The summed E-state index contributed by atoms with van der Waals surface area (Å²) >= 11 is 0. The standard InChI is InChI=1S/C18H20N2O2/c1-18-7-6-13-12-5-3-11(21)8-10(12)2-4-14(13)15(18)9-16(20-19)17(18)22/h3,5,8,13-15,21H,2,4,6-7,9H2,1H3/t13-,14-,15+,18+/m1/s1. The zero-order valence-corrected chi connectivity index (χ0v) is 12.7. The van der Waals surface area contributed by atoms with Crippen molar-refractivity contribution in [2.24, 2.45) is 17.3 Å². The summed E-state index contributed by atoms with van der Waals surface area (Å²) in [4.78, 5) is 15.8. The van der Waals surface area contributed by atoms with Gasteiger partial charge in [-0.1, -0.05) is 13.0 Å². The molecular weight excluding hydrogens is 276 g/mol. The third-order valence-corrected chi connectivity index (χ3v) is 6.41. The molecule has 0 radical (unpaired) electrons. The van der Waals surface area contributed by atoms with E-state index >= 15 is 0 Å². The van der Waals surface area contributed by atoms with Crippen molar-refractivity contribution in [1.29, 1.82) is 0 Å². The molecule has 0 aromatic heterocycles. The quantitative estimate of drug-likeness (QED) is 0.590. The average Bonchev–Trinajstić information content (AvgIpc) is 2.78. The summed E-state index contributed by atoms with van der Waals surface area (Å²) in [5.74, 6) is 1.61. The van der Waals surface area contributed by atoms with Crippen LogP contribution in [0.4, 0.5) is 0 Å². The number of phenolic OH excluding ortho intramolecular Hbond substituents is 1. The molecule has 0 aliphatic heterocycles. The molecule has 2 saturated carbocycles. The lowest BCUT2D eigenvalue weighted by Gasteiger charge is -2.47. The second-order valence-corrected chi connectivity index (χ2v) is 7.33. The first kappa shape index (κ1) is 13.7. The van der Waals surface area contributed by atoms with Crippen molar-refractivity contribution in [3.8, 4) is 5.75 Å². The Hall–Kier alpha value is -1.93. The maximum Gasteiger partial charge on any atom is 0.335 e. The summed E-state index contributed by atoms with van der Waals surface area (Å²) in [6, 6.07) is 5.72. The second kappa shape index (κ2) is 4.53. The fourth-order valence-electron chi connectivity index (χ4n) is 5.26. The number of benzene rings is 1. The van der Waals surface area contributed by atoms with Crippen LogP contribution in [0.3, 0.4) is 0 Å². The van der Waals surface area contributed by atoms with Crippen molar-refractivity contribution in [3.63, 3.8) is 0 Å². The van der Waals surface area contributed by atoms with E-state index in [0.717, 1.165) is 25.7 Å². The first-order chi connectivity index (χ1) is 10.5. The maximum atomic E-state index is 12.5. The van der Waals surface area contributed by atoms with E-state index in [1.165, 1.54) is 11.1 Å². The van der Waals surface area contributed by atoms with E-state index in [1.807, 2.05) is 6.07 Å². The third kappa shape index (κ3) is 1.67. The molecule has 0 amide bonds. The summed E-state index contributed by atoms with van der Waals surface area (Å²) < 4.78 is 0. The molecule has 0 heterocycles. The minimum atomic E-state index is -0.350. The normalized spacial score (nSPS) is 36.3. The van der Waals surface area contributed by atoms with Gasteiger partial charge in [0.05, 0.1) is 6.42 Å². The highest BCUT2D eigenvalue weighted by Crippen LogP contribution is 2.58. The number of fused-ring (bicyclic) bond motifs is 5. The van der Waals surface area contributed by atoms with Gasteiger partial charge in [0.25, 0.3) is 0 Å². The SMILES string of the molecule is C[C@]12CC[C@@H]3c4ccc(O)cc4CC[C@H]3[C@@H]1CC(=[N+]=[N-])C2=O. The number of hydrogen-bond donors (Lipinski definition) is 1. The van der Waals surface area contributed by atoms with E-state index in [9.17, 15) is 9.90 Å². The van der Waals surface area contributed by atoms with E-state index in [4.69, 9.17) is 5.53 Å². The van der Waals surface area contributed by atoms with Crippen LogP contribution < -0.4 is 0 Å². The van der Waals surface area contributed by atoms with Gasteiger partial charge in [-0.2, -0.15) is 4.79 Å². The van der Waals surface area contributed by atoms with Gasteiger partial charge in [0, 0.05) is 5.41 Å². The predicted molar refractivity (Wildman–Crippen MR) is 81.7 cm³/mol. The first-order valence-electron chi connectivity index (χ1n) is 8.12.